The fourth-order valence-corrected chi connectivity index (χ4v) is 2.25. The third-order valence-corrected chi connectivity index (χ3v) is 2.99. The van der Waals surface area contributed by atoms with Gasteiger partial charge in [0, 0.05) is 5.41 Å². The summed E-state index contributed by atoms with van der Waals surface area (Å²) in [7, 11) is 0. The molecular formula is C15H23NO4. The molecule has 0 saturated carbocycles. The van der Waals surface area contributed by atoms with Crippen molar-refractivity contribution in [1.82, 2.24) is 0 Å². The van der Waals surface area contributed by atoms with Crippen molar-refractivity contribution in [1.29, 1.82) is 0 Å². The van der Waals surface area contributed by atoms with E-state index in [2.05, 4.69) is 0 Å². The lowest BCUT2D eigenvalue weighted by Gasteiger charge is -2.21. The van der Waals surface area contributed by atoms with Gasteiger partial charge in [0.25, 0.3) is 5.78 Å². The van der Waals surface area contributed by atoms with E-state index in [1.165, 1.54) is 0 Å². The van der Waals surface area contributed by atoms with Crippen molar-refractivity contribution in [3.63, 3.8) is 0 Å². The van der Waals surface area contributed by atoms with Crippen molar-refractivity contribution in [2.24, 2.45) is 10.8 Å². The van der Waals surface area contributed by atoms with Crippen molar-refractivity contribution in [2.75, 3.05) is 6.61 Å². The number of esters is 1. The van der Waals surface area contributed by atoms with Crippen LogP contribution >= 0.6 is 0 Å². The number of allylic oxidation sites excluding steroid dienone is 1. The maximum absolute atomic E-state index is 12.5. The molecule has 0 spiro atoms. The van der Waals surface area contributed by atoms with Gasteiger partial charge < -0.3 is 9.94 Å². The van der Waals surface area contributed by atoms with Crippen LogP contribution in [-0.2, 0) is 14.3 Å². The van der Waals surface area contributed by atoms with Gasteiger partial charge in [0.05, 0.1) is 12.0 Å². The second-order valence-corrected chi connectivity index (χ2v) is 6.92. The molecule has 1 aliphatic heterocycles. The molecule has 20 heavy (non-hydrogen) atoms. The Kier molecular flexibility index (Phi) is 4.13. The summed E-state index contributed by atoms with van der Waals surface area (Å²) in [5, 5.41) is 12.5. The van der Waals surface area contributed by atoms with Gasteiger partial charge in [-0.1, -0.05) is 41.5 Å². The second-order valence-electron chi connectivity index (χ2n) is 6.92. The molecule has 0 amide bonds. The topological polar surface area (TPSA) is 69.4 Å². The molecule has 0 aromatic heterocycles. The van der Waals surface area contributed by atoms with Crippen LogP contribution in [0.5, 0.6) is 0 Å². The van der Waals surface area contributed by atoms with Gasteiger partial charge in [-0.15, -0.1) is 0 Å². The smallest absolute Gasteiger partial charge is 0.348 e. The molecule has 0 aliphatic carbocycles. The Hall–Kier alpha value is -1.65. The molecule has 0 bridgehead atoms. The number of carbonyl (C=O) groups excluding carboxylic acids is 2. The van der Waals surface area contributed by atoms with Gasteiger partial charge in [-0.25, -0.2) is 4.79 Å². The Morgan fingerprint density at radius 1 is 1.15 bits per heavy atom. The van der Waals surface area contributed by atoms with E-state index in [0.29, 0.717) is 4.74 Å². The number of carbonyl (C=O) groups is 2. The summed E-state index contributed by atoms with van der Waals surface area (Å²) in [5.74, 6) is -1.24. The molecule has 0 fully saturated rings. The molecule has 0 radical (unpaired) electrons. The highest BCUT2D eigenvalue weighted by Gasteiger charge is 2.51. The average Bonchev–Trinajstić information content (AvgIpc) is 2.48. The first-order chi connectivity index (χ1) is 8.92. The Morgan fingerprint density at radius 3 is 2.00 bits per heavy atom. The lowest BCUT2D eigenvalue weighted by Crippen LogP contribution is -2.33. The zero-order chi connectivity index (χ0) is 15.9. The van der Waals surface area contributed by atoms with Crippen molar-refractivity contribution in [2.45, 2.75) is 48.5 Å². The molecule has 0 aromatic rings. The molecule has 1 aliphatic rings. The second kappa shape index (κ2) is 5.04. The molecule has 1 heterocycles. The SMILES string of the molecule is CCOC(=O)C1=C(C(C)(C)C)[N+]([O-])=C(C(C)(C)C)C1=O. The van der Waals surface area contributed by atoms with Gasteiger partial charge in [-0.05, 0) is 6.92 Å². The van der Waals surface area contributed by atoms with Crippen molar-refractivity contribution in [3.8, 4) is 0 Å². The molecule has 0 unspecified atom stereocenters. The lowest BCUT2D eigenvalue weighted by atomic mass is 9.85. The Bertz CT molecular complexity index is 513. The van der Waals surface area contributed by atoms with Crippen LogP contribution in [0.2, 0.25) is 0 Å². The summed E-state index contributed by atoms with van der Waals surface area (Å²) < 4.78 is 5.55. The van der Waals surface area contributed by atoms with Crippen LogP contribution in [0, 0.1) is 16.0 Å². The van der Waals surface area contributed by atoms with Gasteiger partial charge in [-0.2, -0.15) is 4.74 Å². The third-order valence-electron chi connectivity index (χ3n) is 2.99. The summed E-state index contributed by atoms with van der Waals surface area (Å²) in [6.45, 7) is 12.6. The van der Waals surface area contributed by atoms with E-state index in [9.17, 15) is 14.8 Å². The van der Waals surface area contributed by atoms with E-state index in [0.717, 1.165) is 0 Å². The van der Waals surface area contributed by atoms with Gasteiger partial charge in [-0.3, -0.25) is 4.79 Å². The number of rotatable bonds is 2. The third kappa shape index (κ3) is 2.76. The maximum Gasteiger partial charge on any atom is 0.348 e. The molecule has 0 atom stereocenters. The van der Waals surface area contributed by atoms with Gasteiger partial charge in [0.15, 0.2) is 5.57 Å². The highest BCUT2D eigenvalue weighted by Crippen LogP contribution is 2.36. The number of Topliss-reactive ketones (excluding diaryl/α,β-unsaturated/α-hetero) is 1. The molecule has 5 nitrogen and oxygen atoms in total. The maximum atomic E-state index is 12.5. The molecule has 0 saturated heterocycles. The highest BCUT2D eigenvalue weighted by atomic mass is 16.5. The van der Waals surface area contributed by atoms with Crippen LogP contribution in [0.25, 0.3) is 0 Å². The number of hydrogen-bond donors (Lipinski definition) is 0. The number of nitrogens with zero attached hydrogens (tertiary/aromatic N) is 1. The summed E-state index contributed by atoms with van der Waals surface area (Å²) in [4.78, 5) is 24.5. The monoisotopic (exact) mass is 281 g/mol. The van der Waals surface area contributed by atoms with Crippen LogP contribution in [0.15, 0.2) is 11.3 Å². The zero-order valence-corrected chi connectivity index (χ0v) is 13.3. The van der Waals surface area contributed by atoms with E-state index >= 15 is 0 Å². The van der Waals surface area contributed by atoms with Gasteiger partial charge in [0.1, 0.15) is 0 Å². The first kappa shape index (κ1) is 16.4. The van der Waals surface area contributed by atoms with Crippen LogP contribution in [-0.4, -0.2) is 28.8 Å². The number of ketones is 1. The quantitative estimate of drug-likeness (QED) is 0.337. The predicted molar refractivity (Wildman–Crippen MR) is 76.2 cm³/mol. The summed E-state index contributed by atoms with van der Waals surface area (Å²) in [6, 6.07) is 0. The molecular weight excluding hydrogens is 258 g/mol. The Morgan fingerprint density at radius 2 is 1.65 bits per heavy atom. The minimum Gasteiger partial charge on any atom is -0.618 e. The molecule has 0 N–H and O–H groups in total. The largest absolute Gasteiger partial charge is 0.618 e. The summed E-state index contributed by atoms with van der Waals surface area (Å²) in [6.07, 6.45) is 0. The Balaban J connectivity index is 3.53. The van der Waals surface area contributed by atoms with Crippen molar-refractivity contribution in [3.05, 3.63) is 16.5 Å². The summed E-state index contributed by atoms with van der Waals surface area (Å²) in [5.41, 5.74) is -1.11. The molecule has 1 rings (SSSR count). The highest BCUT2D eigenvalue weighted by molar-refractivity contribution is 6.52. The van der Waals surface area contributed by atoms with E-state index < -0.39 is 22.6 Å². The lowest BCUT2D eigenvalue weighted by molar-refractivity contribution is -0.416. The molecule has 5 heteroatoms. The van der Waals surface area contributed by atoms with Crippen LogP contribution in [0.3, 0.4) is 0 Å². The van der Waals surface area contributed by atoms with Crippen LogP contribution in [0.4, 0.5) is 0 Å². The Labute approximate surface area is 119 Å². The van der Waals surface area contributed by atoms with Crippen LogP contribution < -0.4 is 0 Å². The first-order valence-electron chi connectivity index (χ1n) is 6.74. The minimum atomic E-state index is -0.720. The molecule has 112 valence electrons. The predicted octanol–water partition coefficient (Wildman–Crippen LogP) is 2.43. The number of ether oxygens (including phenoxy) is 1. The van der Waals surface area contributed by atoms with E-state index in [4.69, 9.17) is 4.74 Å². The normalized spacial score (nSPS) is 17.1. The van der Waals surface area contributed by atoms with Gasteiger partial charge >= 0.3 is 5.97 Å². The van der Waals surface area contributed by atoms with Crippen molar-refractivity contribution < 1.29 is 19.1 Å². The summed E-state index contributed by atoms with van der Waals surface area (Å²) >= 11 is 0. The van der Waals surface area contributed by atoms with E-state index in [1.54, 1.807) is 48.5 Å². The van der Waals surface area contributed by atoms with E-state index in [1.807, 2.05) is 0 Å². The minimum absolute atomic E-state index is 0.0884. The standard InChI is InChI=1S/C15H23NO4/c1-8-20-13(18)9-10(17)12(15(5,6)7)16(19)11(9)14(2,3)4/h8H2,1-7H3. The zero-order valence-electron chi connectivity index (χ0n) is 13.3. The fourth-order valence-electron chi connectivity index (χ4n) is 2.25. The number of hydroxylamine groups is 1. The first-order valence-corrected chi connectivity index (χ1v) is 6.74. The molecule has 0 aromatic carbocycles. The van der Waals surface area contributed by atoms with Crippen molar-refractivity contribution >= 4 is 17.5 Å². The number of hydrogen-bond acceptors (Lipinski definition) is 4. The fraction of sp³-hybridized carbons (Fsp3) is 0.667. The van der Waals surface area contributed by atoms with Gasteiger partial charge in [0.2, 0.25) is 11.4 Å². The van der Waals surface area contributed by atoms with E-state index in [-0.39, 0.29) is 23.6 Å². The average molecular weight is 281 g/mol. The van der Waals surface area contributed by atoms with Crippen LogP contribution in [0.1, 0.15) is 48.5 Å².